The Kier molecular flexibility index (Phi) is 6.45. The highest BCUT2D eigenvalue weighted by atomic mass is 32.2. The summed E-state index contributed by atoms with van der Waals surface area (Å²) in [5.74, 6) is 1.74. The first-order valence-electron chi connectivity index (χ1n) is 9.23. The second-order valence-corrected chi connectivity index (χ2v) is 8.12. The van der Waals surface area contributed by atoms with Gasteiger partial charge in [-0.25, -0.2) is 23.1 Å². The van der Waals surface area contributed by atoms with Crippen LogP contribution in [0.3, 0.4) is 0 Å². The molecule has 3 N–H and O–H groups in total. The number of sulfonamides is 1. The van der Waals surface area contributed by atoms with Crippen LogP contribution >= 0.6 is 0 Å². The van der Waals surface area contributed by atoms with Gasteiger partial charge in [-0.2, -0.15) is 4.98 Å². The average Bonchev–Trinajstić information content (AvgIpc) is 3.12. The Labute approximate surface area is 170 Å². The molecule has 0 unspecified atom stereocenters. The topological polar surface area (TPSA) is 122 Å². The fraction of sp³-hybridized carbons (Fsp3) is 0.316. The minimum Gasteiger partial charge on any atom is -0.449 e. The summed E-state index contributed by atoms with van der Waals surface area (Å²) >= 11 is 0. The van der Waals surface area contributed by atoms with Crippen molar-refractivity contribution in [2.45, 2.75) is 25.7 Å². The molecule has 0 aliphatic carbocycles. The number of aryl methyl sites for hydroxylation is 2. The fourth-order valence-corrected chi connectivity index (χ4v) is 3.69. The maximum atomic E-state index is 12.5. The molecule has 0 bridgehead atoms. The minimum absolute atomic E-state index is 0.189. The zero-order valence-electron chi connectivity index (χ0n) is 16.6. The van der Waals surface area contributed by atoms with E-state index in [9.17, 15) is 8.42 Å². The second kappa shape index (κ2) is 9.01. The van der Waals surface area contributed by atoms with Gasteiger partial charge >= 0.3 is 0 Å². The van der Waals surface area contributed by atoms with Crippen molar-refractivity contribution in [1.29, 1.82) is 0 Å². The summed E-state index contributed by atoms with van der Waals surface area (Å²) in [7, 11) is -3.61. The normalized spacial score (nSPS) is 11.4. The lowest BCUT2D eigenvalue weighted by molar-refractivity contribution is 0.521. The van der Waals surface area contributed by atoms with Crippen LogP contribution in [0.1, 0.15) is 18.5 Å². The summed E-state index contributed by atoms with van der Waals surface area (Å²) in [6.07, 6.45) is 1.54. The number of anilines is 2. The third kappa shape index (κ3) is 5.52. The van der Waals surface area contributed by atoms with E-state index in [1.54, 1.807) is 43.5 Å². The highest BCUT2D eigenvalue weighted by Crippen LogP contribution is 2.20. The smallest absolute Gasteiger partial charge is 0.240 e. The van der Waals surface area contributed by atoms with Gasteiger partial charge < -0.3 is 15.1 Å². The van der Waals surface area contributed by atoms with Crippen molar-refractivity contribution in [3.8, 4) is 11.3 Å². The van der Waals surface area contributed by atoms with Crippen LogP contribution in [0.5, 0.6) is 0 Å². The minimum atomic E-state index is -3.61. The molecule has 0 saturated heterocycles. The Morgan fingerprint density at radius 2 is 1.76 bits per heavy atom. The number of aromatic nitrogens is 3. The molecular weight excluding hydrogens is 392 g/mol. The SMILES string of the molecule is CCNc1nc(C)cc(NCCNS(=O)(=O)c2ccc(-c3coc(C)n3)cc2)n1. The van der Waals surface area contributed by atoms with Gasteiger partial charge in [0.25, 0.3) is 0 Å². The predicted octanol–water partition coefficient (Wildman–Crippen LogP) is 2.57. The van der Waals surface area contributed by atoms with Gasteiger partial charge in [-0.15, -0.1) is 0 Å². The lowest BCUT2D eigenvalue weighted by atomic mass is 10.2. The maximum Gasteiger partial charge on any atom is 0.240 e. The van der Waals surface area contributed by atoms with Gasteiger partial charge in [-0.3, -0.25) is 0 Å². The van der Waals surface area contributed by atoms with Crippen LogP contribution in [0.2, 0.25) is 0 Å². The van der Waals surface area contributed by atoms with E-state index in [4.69, 9.17) is 4.42 Å². The van der Waals surface area contributed by atoms with E-state index < -0.39 is 10.0 Å². The summed E-state index contributed by atoms with van der Waals surface area (Å²) < 4.78 is 32.7. The third-order valence-electron chi connectivity index (χ3n) is 3.99. The van der Waals surface area contributed by atoms with Crippen molar-refractivity contribution in [2.75, 3.05) is 30.3 Å². The molecule has 9 nitrogen and oxygen atoms in total. The fourth-order valence-electron chi connectivity index (χ4n) is 2.66. The van der Waals surface area contributed by atoms with E-state index >= 15 is 0 Å². The molecule has 0 aliphatic rings. The molecule has 29 heavy (non-hydrogen) atoms. The van der Waals surface area contributed by atoms with E-state index in [-0.39, 0.29) is 11.4 Å². The number of rotatable bonds is 9. The van der Waals surface area contributed by atoms with Crippen LogP contribution in [-0.4, -0.2) is 43.0 Å². The molecule has 10 heteroatoms. The van der Waals surface area contributed by atoms with Crippen LogP contribution < -0.4 is 15.4 Å². The van der Waals surface area contributed by atoms with Crippen LogP contribution in [-0.2, 0) is 10.0 Å². The standard InChI is InChI=1S/C19H24N6O3S/c1-4-20-19-23-13(2)11-18(25-19)21-9-10-22-29(26,27)16-7-5-15(6-8-16)17-12-28-14(3)24-17/h5-8,11-12,22H,4,9-10H2,1-3H3,(H2,20,21,23,25). The molecule has 2 aromatic heterocycles. The molecule has 2 heterocycles. The van der Waals surface area contributed by atoms with Gasteiger partial charge in [-0.1, -0.05) is 12.1 Å². The zero-order chi connectivity index (χ0) is 20.9. The maximum absolute atomic E-state index is 12.5. The first-order chi connectivity index (χ1) is 13.9. The number of nitrogens with zero attached hydrogens (tertiary/aromatic N) is 3. The highest BCUT2D eigenvalue weighted by Gasteiger charge is 2.14. The van der Waals surface area contributed by atoms with E-state index in [2.05, 4.69) is 30.3 Å². The Morgan fingerprint density at radius 1 is 1.00 bits per heavy atom. The van der Waals surface area contributed by atoms with Crippen molar-refractivity contribution >= 4 is 21.8 Å². The summed E-state index contributed by atoms with van der Waals surface area (Å²) in [5.41, 5.74) is 2.28. The molecule has 0 saturated carbocycles. The lowest BCUT2D eigenvalue weighted by Crippen LogP contribution is -2.29. The average molecular weight is 417 g/mol. The van der Waals surface area contributed by atoms with Gasteiger partial charge in [0, 0.05) is 43.9 Å². The first kappa shape index (κ1) is 20.7. The van der Waals surface area contributed by atoms with E-state index in [1.165, 1.54) is 0 Å². The molecule has 0 fully saturated rings. The number of oxazole rings is 1. The number of hydrogen-bond acceptors (Lipinski definition) is 8. The molecule has 1 aromatic carbocycles. The van der Waals surface area contributed by atoms with Crippen LogP contribution in [0, 0.1) is 13.8 Å². The number of nitrogens with one attached hydrogen (secondary N) is 3. The summed E-state index contributed by atoms with van der Waals surface area (Å²) in [5, 5.41) is 6.16. The van der Waals surface area contributed by atoms with Crippen molar-refractivity contribution in [2.24, 2.45) is 0 Å². The molecule has 0 spiro atoms. The molecule has 0 radical (unpaired) electrons. The Balaban J connectivity index is 1.56. The predicted molar refractivity (Wildman–Crippen MR) is 111 cm³/mol. The largest absolute Gasteiger partial charge is 0.449 e. The summed E-state index contributed by atoms with van der Waals surface area (Å²) in [6.45, 7) is 6.92. The molecule has 3 aromatic rings. The first-order valence-corrected chi connectivity index (χ1v) is 10.7. The van der Waals surface area contributed by atoms with Gasteiger partial charge in [0.05, 0.1) is 4.90 Å². The van der Waals surface area contributed by atoms with E-state index in [1.807, 2.05) is 13.8 Å². The highest BCUT2D eigenvalue weighted by molar-refractivity contribution is 7.89. The van der Waals surface area contributed by atoms with Crippen LogP contribution in [0.4, 0.5) is 11.8 Å². The monoisotopic (exact) mass is 416 g/mol. The Hall–Kier alpha value is -2.98. The Morgan fingerprint density at radius 3 is 2.41 bits per heavy atom. The zero-order valence-corrected chi connectivity index (χ0v) is 17.4. The summed E-state index contributed by atoms with van der Waals surface area (Å²) in [6, 6.07) is 8.31. The number of hydrogen-bond donors (Lipinski definition) is 3. The van der Waals surface area contributed by atoms with Gasteiger partial charge in [0.1, 0.15) is 17.8 Å². The molecular formula is C19H24N6O3S. The van der Waals surface area contributed by atoms with Crippen LogP contribution in [0.25, 0.3) is 11.3 Å². The van der Waals surface area contributed by atoms with Crippen LogP contribution in [0.15, 0.2) is 45.9 Å². The molecule has 0 amide bonds. The Bertz CT molecular complexity index is 1060. The lowest BCUT2D eigenvalue weighted by Gasteiger charge is -2.10. The van der Waals surface area contributed by atoms with Gasteiger partial charge in [0.15, 0.2) is 5.89 Å². The number of benzene rings is 1. The second-order valence-electron chi connectivity index (χ2n) is 6.35. The molecule has 0 aliphatic heterocycles. The van der Waals surface area contributed by atoms with Gasteiger partial charge in [0.2, 0.25) is 16.0 Å². The summed E-state index contributed by atoms with van der Waals surface area (Å²) in [4.78, 5) is 13.0. The van der Waals surface area contributed by atoms with E-state index in [0.29, 0.717) is 29.9 Å². The third-order valence-corrected chi connectivity index (χ3v) is 5.47. The van der Waals surface area contributed by atoms with Crippen molar-refractivity contribution in [1.82, 2.24) is 19.7 Å². The molecule has 3 rings (SSSR count). The van der Waals surface area contributed by atoms with E-state index in [0.717, 1.165) is 17.8 Å². The van der Waals surface area contributed by atoms with Crippen molar-refractivity contribution < 1.29 is 12.8 Å². The van der Waals surface area contributed by atoms with Crippen molar-refractivity contribution in [3.05, 3.63) is 48.2 Å². The molecule has 0 atom stereocenters. The molecule has 154 valence electrons. The quantitative estimate of drug-likeness (QED) is 0.455. The van der Waals surface area contributed by atoms with Gasteiger partial charge in [-0.05, 0) is 26.0 Å². The van der Waals surface area contributed by atoms with Crippen molar-refractivity contribution in [3.63, 3.8) is 0 Å².